The summed E-state index contributed by atoms with van der Waals surface area (Å²) in [7, 11) is 0. The highest BCUT2D eigenvalue weighted by Gasteiger charge is 2.20. The van der Waals surface area contributed by atoms with E-state index in [4.69, 9.17) is 5.11 Å². The molecule has 1 atom stereocenters. The summed E-state index contributed by atoms with van der Waals surface area (Å²) < 4.78 is 0. The zero-order valence-corrected chi connectivity index (χ0v) is 11.7. The van der Waals surface area contributed by atoms with Crippen molar-refractivity contribution in [2.24, 2.45) is 5.92 Å². The Labute approximate surface area is 119 Å². The van der Waals surface area contributed by atoms with Crippen LogP contribution in [0.1, 0.15) is 24.8 Å². The molecule has 1 aromatic carbocycles. The Morgan fingerprint density at radius 1 is 1.40 bits per heavy atom. The maximum atomic E-state index is 11.0. The first kappa shape index (κ1) is 14.9. The fourth-order valence-electron chi connectivity index (χ4n) is 2.95. The zero-order valence-electron chi connectivity index (χ0n) is 11.7. The van der Waals surface area contributed by atoms with Gasteiger partial charge in [0, 0.05) is 31.3 Å². The predicted octanol–water partition coefficient (Wildman–Crippen LogP) is 2.23. The smallest absolute Gasteiger partial charge is 0.272 e. The van der Waals surface area contributed by atoms with Crippen LogP contribution in [0.15, 0.2) is 24.3 Å². The van der Waals surface area contributed by atoms with Crippen LogP contribution in [-0.4, -0.2) is 41.2 Å². The highest BCUT2D eigenvalue weighted by Crippen LogP contribution is 2.22. The lowest BCUT2D eigenvalue weighted by molar-refractivity contribution is -0.385. The van der Waals surface area contributed by atoms with Crippen LogP contribution in [0.4, 0.5) is 5.69 Å². The Morgan fingerprint density at radius 2 is 2.20 bits per heavy atom. The first-order valence-corrected chi connectivity index (χ1v) is 7.26. The number of aliphatic hydroxyl groups excluding tert-OH is 1. The molecule has 1 fully saturated rings. The summed E-state index contributed by atoms with van der Waals surface area (Å²) in [5.74, 6) is 0.569. The molecule has 1 heterocycles. The fraction of sp³-hybridized carbons (Fsp3) is 0.600. The van der Waals surface area contributed by atoms with Crippen LogP contribution in [0.3, 0.4) is 0 Å². The van der Waals surface area contributed by atoms with Crippen molar-refractivity contribution in [1.29, 1.82) is 0 Å². The molecule has 0 aliphatic carbocycles. The van der Waals surface area contributed by atoms with E-state index in [9.17, 15) is 10.1 Å². The monoisotopic (exact) mass is 278 g/mol. The second kappa shape index (κ2) is 7.36. The lowest BCUT2D eigenvalue weighted by Crippen LogP contribution is -2.37. The molecule has 0 aromatic heterocycles. The summed E-state index contributed by atoms with van der Waals surface area (Å²) in [6, 6.07) is 6.97. The molecular weight excluding hydrogens is 256 g/mol. The van der Waals surface area contributed by atoms with Gasteiger partial charge in [0.15, 0.2) is 0 Å². The Morgan fingerprint density at radius 3 is 2.95 bits per heavy atom. The minimum absolute atomic E-state index is 0.219. The molecule has 1 N–H and O–H groups in total. The number of likely N-dealkylation sites (tertiary alicyclic amines) is 1. The van der Waals surface area contributed by atoms with Crippen LogP contribution in [0.25, 0.3) is 0 Å². The SMILES string of the molecule is O=[N+]([O-])c1ccccc1CCN1CCCC(CCO)C1. The number of nitrogens with zero attached hydrogens (tertiary/aromatic N) is 2. The van der Waals surface area contributed by atoms with Gasteiger partial charge < -0.3 is 10.0 Å². The largest absolute Gasteiger partial charge is 0.396 e. The van der Waals surface area contributed by atoms with Crippen molar-refractivity contribution >= 4 is 5.69 Å². The molecule has 0 bridgehead atoms. The Kier molecular flexibility index (Phi) is 5.49. The van der Waals surface area contributed by atoms with Crippen LogP contribution < -0.4 is 0 Å². The van der Waals surface area contributed by atoms with Crippen molar-refractivity contribution in [2.75, 3.05) is 26.2 Å². The maximum Gasteiger partial charge on any atom is 0.272 e. The molecule has 1 aromatic rings. The highest BCUT2D eigenvalue weighted by atomic mass is 16.6. The van der Waals surface area contributed by atoms with E-state index in [1.165, 1.54) is 6.42 Å². The van der Waals surface area contributed by atoms with E-state index in [0.717, 1.165) is 38.0 Å². The predicted molar refractivity (Wildman–Crippen MR) is 77.7 cm³/mol. The van der Waals surface area contributed by atoms with Gasteiger partial charge in [0.05, 0.1) is 4.92 Å². The number of benzene rings is 1. The van der Waals surface area contributed by atoms with Crippen molar-refractivity contribution in [3.63, 3.8) is 0 Å². The topological polar surface area (TPSA) is 66.6 Å². The summed E-state index contributed by atoms with van der Waals surface area (Å²) in [6.45, 7) is 3.17. The van der Waals surface area contributed by atoms with Gasteiger partial charge in [0.2, 0.25) is 0 Å². The summed E-state index contributed by atoms with van der Waals surface area (Å²) in [5, 5.41) is 20.0. The number of aliphatic hydroxyl groups is 1. The van der Waals surface area contributed by atoms with E-state index in [1.807, 2.05) is 12.1 Å². The molecule has 1 aliphatic rings. The highest BCUT2D eigenvalue weighted by molar-refractivity contribution is 5.39. The zero-order chi connectivity index (χ0) is 14.4. The van der Waals surface area contributed by atoms with E-state index >= 15 is 0 Å². The second-order valence-corrected chi connectivity index (χ2v) is 5.46. The van der Waals surface area contributed by atoms with Crippen molar-refractivity contribution in [2.45, 2.75) is 25.7 Å². The fourth-order valence-corrected chi connectivity index (χ4v) is 2.95. The summed E-state index contributed by atoms with van der Waals surface area (Å²) in [4.78, 5) is 13.0. The molecule has 0 radical (unpaired) electrons. The van der Waals surface area contributed by atoms with Crippen molar-refractivity contribution in [3.8, 4) is 0 Å². The minimum atomic E-state index is -0.305. The van der Waals surface area contributed by atoms with E-state index in [-0.39, 0.29) is 17.2 Å². The van der Waals surface area contributed by atoms with Crippen LogP contribution in [0.2, 0.25) is 0 Å². The van der Waals surface area contributed by atoms with Crippen LogP contribution in [-0.2, 0) is 6.42 Å². The van der Waals surface area contributed by atoms with E-state index in [2.05, 4.69) is 4.90 Å². The second-order valence-electron chi connectivity index (χ2n) is 5.46. The number of nitro groups is 1. The maximum absolute atomic E-state index is 11.0. The van der Waals surface area contributed by atoms with Gasteiger partial charge in [-0.15, -0.1) is 0 Å². The van der Waals surface area contributed by atoms with Gasteiger partial charge in [0.25, 0.3) is 5.69 Å². The van der Waals surface area contributed by atoms with Crippen molar-refractivity contribution in [1.82, 2.24) is 4.90 Å². The quantitative estimate of drug-likeness (QED) is 0.640. The first-order chi connectivity index (χ1) is 9.70. The van der Waals surface area contributed by atoms with Gasteiger partial charge >= 0.3 is 0 Å². The number of para-hydroxylation sites is 1. The van der Waals surface area contributed by atoms with Crippen molar-refractivity contribution in [3.05, 3.63) is 39.9 Å². The Bertz CT molecular complexity index is 448. The van der Waals surface area contributed by atoms with Gasteiger partial charge in [-0.1, -0.05) is 18.2 Å². The molecule has 2 rings (SSSR count). The van der Waals surface area contributed by atoms with Gasteiger partial charge in [0.1, 0.15) is 0 Å². The summed E-state index contributed by atoms with van der Waals surface area (Å²) >= 11 is 0. The minimum Gasteiger partial charge on any atom is -0.396 e. The number of nitro benzene ring substituents is 1. The number of rotatable bonds is 6. The number of hydrogen-bond donors (Lipinski definition) is 1. The van der Waals surface area contributed by atoms with Gasteiger partial charge in [-0.05, 0) is 38.1 Å². The molecule has 110 valence electrons. The average Bonchev–Trinajstić information content (AvgIpc) is 2.46. The number of hydrogen-bond acceptors (Lipinski definition) is 4. The molecule has 0 amide bonds. The first-order valence-electron chi connectivity index (χ1n) is 7.26. The summed E-state index contributed by atoms with van der Waals surface area (Å²) in [5.41, 5.74) is 1.03. The van der Waals surface area contributed by atoms with E-state index < -0.39 is 0 Å². The molecule has 20 heavy (non-hydrogen) atoms. The van der Waals surface area contributed by atoms with Gasteiger partial charge in [-0.3, -0.25) is 10.1 Å². The standard InChI is InChI=1S/C15H22N2O3/c18-11-8-13-4-3-9-16(12-13)10-7-14-5-1-2-6-15(14)17(19)20/h1-2,5-6,13,18H,3-4,7-12H2. The molecule has 0 saturated carbocycles. The normalized spacial score (nSPS) is 19.9. The van der Waals surface area contributed by atoms with Crippen molar-refractivity contribution < 1.29 is 10.0 Å². The van der Waals surface area contributed by atoms with Crippen LogP contribution in [0.5, 0.6) is 0 Å². The van der Waals surface area contributed by atoms with Crippen LogP contribution in [0, 0.1) is 16.0 Å². The molecular formula is C15H22N2O3. The third-order valence-corrected chi connectivity index (χ3v) is 4.03. The van der Waals surface area contributed by atoms with E-state index in [0.29, 0.717) is 12.3 Å². The molecule has 0 spiro atoms. The molecule has 1 saturated heterocycles. The van der Waals surface area contributed by atoms with Gasteiger partial charge in [-0.2, -0.15) is 0 Å². The molecule has 5 heteroatoms. The molecule has 1 aliphatic heterocycles. The lowest BCUT2D eigenvalue weighted by Gasteiger charge is -2.32. The molecule has 5 nitrogen and oxygen atoms in total. The third-order valence-electron chi connectivity index (χ3n) is 4.03. The average molecular weight is 278 g/mol. The van der Waals surface area contributed by atoms with E-state index in [1.54, 1.807) is 12.1 Å². The third kappa shape index (κ3) is 4.02. The Balaban J connectivity index is 1.90. The number of piperidine rings is 1. The molecule has 1 unspecified atom stereocenters. The Hall–Kier alpha value is -1.46. The van der Waals surface area contributed by atoms with Gasteiger partial charge in [-0.25, -0.2) is 0 Å². The lowest BCUT2D eigenvalue weighted by atomic mass is 9.95. The summed E-state index contributed by atoms with van der Waals surface area (Å²) in [6.07, 6.45) is 3.91. The van der Waals surface area contributed by atoms with Crippen LogP contribution >= 0.6 is 0 Å².